The average Bonchev–Trinajstić information content (AvgIpc) is 2.53. The molecule has 0 unspecified atom stereocenters. The Labute approximate surface area is 135 Å². The number of hydrogen-bond acceptors (Lipinski definition) is 5. The first-order valence-corrected chi connectivity index (χ1v) is 8.67. The molecule has 0 saturated carbocycles. The number of nitrogens with zero attached hydrogens (tertiary/aromatic N) is 1. The van der Waals surface area contributed by atoms with E-state index in [0.717, 1.165) is 5.56 Å². The van der Waals surface area contributed by atoms with Crippen LogP contribution >= 0.6 is 0 Å². The zero-order chi connectivity index (χ0) is 16.9. The third-order valence-corrected chi connectivity index (χ3v) is 5.04. The first kappa shape index (κ1) is 17.0. The second-order valence-corrected chi connectivity index (χ2v) is 7.20. The Bertz CT molecular complexity index is 807. The van der Waals surface area contributed by atoms with E-state index in [-0.39, 0.29) is 11.5 Å². The van der Waals surface area contributed by atoms with Gasteiger partial charge in [-0.1, -0.05) is 29.8 Å². The third kappa shape index (κ3) is 4.55. The molecule has 0 aliphatic carbocycles. The number of rotatable bonds is 6. The summed E-state index contributed by atoms with van der Waals surface area (Å²) in [5.41, 5.74) is 1.29. The summed E-state index contributed by atoms with van der Waals surface area (Å²) in [5, 5.41) is 18.9. The van der Waals surface area contributed by atoms with Crippen molar-refractivity contribution in [3.8, 4) is 11.8 Å². The molecule has 0 radical (unpaired) electrons. The monoisotopic (exact) mass is 331 g/mol. The zero-order valence-corrected chi connectivity index (χ0v) is 13.5. The number of aryl methyl sites for hydroxylation is 1. The summed E-state index contributed by atoms with van der Waals surface area (Å²) in [7, 11) is -3.59. The quantitative estimate of drug-likeness (QED) is 0.875. The average molecular weight is 331 g/mol. The largest absolute Gasteiger partial charge is 0.489 e. The van der Waals surface area contributed by atoms with Crippen LogP contribution in [0, 0.1) is 18.3 Å². The minimum Gasteiger partial charge on any atom is -0.489 e. The molecule has 6 heteroatoms. The molecule has 0 aromatic heterocycles. The molecule has 0 heterocycles. The Morgan fingerprint density at radius 3 is 2.48 bits per heavy atom. The molecule has 1 N–H and O–H groups in total. The molecule has 23 heavy (non-hydrogen) atoms. The Kier molecular flexibility index (Phi) is 5.37. The highest BCUT2D eigenvalue weighted by atomic mass is 32.2. The lowest BCUT2D eigenvalue weighted by atomic mass is 10.2. The number of sulfone groups is 1. The molecule has 2 aromatic rings. The van der Waals surface area contributed by atoms with Crippen molar-refractivity contribution >= 4 is 9.84 Å². The van der Waals surface area contributed by atoms with E-state index in [4.69, 9.17) is 10.00 Å². The molecule has 0 spiro atoms. The Morgan fingerprint density at radius 2 is 1.83 bits per heavy atom. The van der Waals surface area contributed by atoms with Crippen LogP contribution in [0.1, 0.15) is 11.1 Å². The molecule has 0 saturated heterocycles. The maximum Gasteiger partial charge on any atom is 0.181 e. The van der Waals surface area contributed by atoms with Crippen LogP contribution in [0.15, 0.2) is 53.4 Å². The number of hydrogen-bond donors (Lipinski definition) is 1. The van der Waals surface area contributed by atoms with Gasteiger partial charge in [0.2, 0.25) is 0 Å². The van der Waals surface area contributed by atoms with Crippen molar-refractivity contribution in [2.24, 2.45) is 0 Å². The molecule has 0 aliphatic heterocycles. The maximum atomic E-state index is 12.2. The van der Waals surface area contributed by atoms with Gasteiger partial charge in [0.05, 0.1) is 16.2 Å². The number of benzene rings is 2. The number of aliphatic hydroxyl groups excluding tert-OH is 1. The summed E-state index contributed by atoms with van der Waals surface area (Å²) in [6.07, 6.45) is -1.19. The second kappa shape index (κ2) is 7.27. The van der Waals surface area contributed by atoms with E-state index in [9.17, 15) is 13.5 Å². The van der Waals surface area contributed by atoms with Crippen molar-refractivity contribution in [3.63, 3.8) is 0 Å². The van der Waals surface area contributed by atoms with Gasteiger partial charge >= 0.3 is 0 Å². The van der Waals surface area contributed by atoms with E-state index in [2.05, 4.69) is 0 Å². The molecule has 2 aromatic carbocycles. The van der Waals surface area contributed by atoms with Crippen LogP contribution in [0.25, 0.3) is 0 Å². The summed E-state index contributed by atoms with van der Waals surface area (Å²) >= 11 is 0. The SMILES string of the molecule is Cc1ccc(S(=O)(=O)C[C@H](O)COc2ccccc2C#N)cc1. The van der Waals surface area contributed by atoms with Gasteiger partial charge in [0, 0.05) is 0 Å². The van der Waals surface area contributed by atoms with E-state index in [1.165, 1.54) is 12.1 Å². The summed E-state index contributed by atoms with van der Waals surface area (Å²) in [6.45, 7) is 1.66. The summed E-state index contributed by atoms with van der Waals surface area (Å²) in [6, 6.07) is 15.0. The van der Waals surface area contributed by atoms with Crippen molar-refractivity contribution < 1.29 is 18.3 Å². The van der Waals surface area contributed by atoms with Crippen molar-refractivity contribution in [3.05, 3.63) is 59.7 Å². The van der Waals surface area contributed by atoms with Crippen LogP contribution in [0.3, 0.4) is 0 Å². The van der Waals surface area contributed by atoms with Crippen LogP contribution in [-0.2, 0) is 9.84 Å². The van der Waals surface area contributed by atoms with E-state index < -0.39 is 21.7 Å². The second-order valence-electron chi connectivity index (χ2n) is 5.17. The molecule has 2 rings (SSSR count). The standard InChI is InChI=1S/C17H17NO4S/c1-13-6-8-16(9-7-13)23(20,21)12-15(19)11-22-17-5-3-2-4-14(17)10-18/h2-9,15,19H,11-12H2,1H3/t15-/m1/s1. The number of para-hydroxylation sites is 1. The maximum absolute atomic E-state index is 12.2. The smallest absolute Gasteiger partial charge is 0.181 e. The molecule has 0 amide bonds. The van der Waals surface area contributed by atoms with Crippen molar-refractivity contribution in [1.82, 2.24) is 0 Å². The Balaban J connectivity index is 2.00. The van der Waals surface area contributed by atoms with Gasteiger partial charge in [0.1, 0.15) is 24.5 Å². The highest BCUT2D eigenvalue weighted by molar-refractivity contribution is 7.91. The van der Waals surface area contributed by atoms with Crippen molar-refractivity contribution in [2.45, 2.75) is 17.9 Å². The zero-order valence-electron chi connectivity index (χ0n) is 12.6. The van der Waals surface area contributed by atoms with E-state index in [0.29, 0.717) is 11.3 Å². The minimum atomic E-state index is -3.59. The normalized spacial score (nSPS) is 12.4. The van der Waals surface area contributed by atoms with Gasteiger partial charge in [-0.15, -0.1) is 0 Å². The van der Waals surface area contributed by atoms with Gasteiger partial charge in [-0.05, 0) is 31.2 Å². The lowest BCUT2D eigenvalue weighted by Gasteiger charge is -2.13. The van der Waals surface area contributed by atoms with Crippen molar-refractivity contribution in [2.75, 3.05) is 12.4 Å². The highest BCUT2D eigenvalue weighted by Crippen LogP contribution is 2.18. The third-order valence-electron chi connectivity index (χ3n) is 3.23. The predicted octanol–water partition coefficient (Wildman–Crippen LogP) is 2.08. The number of aliphatic hydroxyl groups is 1. The topological polar surface area (TPSA) is 87.4 Å². The molecule has 120 valence electrons. The van der Waals surface area contributed by atoms with E-state index in [1.54, 1.807) is 36.4 Å². The fourth-order valence-electron chi connectivity index (χ4n) is 2.01. The minimum absolute atomic E-state index is 0.166. The summed E-state index contributed by atoms with van der Waals surface area (Å²) in [5.74, 6) is -0.119. The summed E-state index contributed by atoms with van der Waals surface area (Å²) < 4.78 is 29.8. The van der Waals surface area contributed by atoms with Gasteiger partial charge in [-0.2, -0.15) is 5.26 Å². The highest BCUT2D eigenvalue weighted by Gasteiger charge is 2.20. The lowest BCUT2D eigenvalue weighted by Crippen LogP contribution is -2.27. The van der Waals surface area contributed by atoms with E-state index in [1.807, 2.05) is 13.0 Å². The first-order chi connectivity index (χ1) is 10.9. The number of nitriles is 1. The first-order valence-electron chi connectivity index (χ1n) is 7.02. The molecular formula is C17H17NO4S. The molecule has 0 fully saturated rings. The van der Waals surface area contributed by atoms with Crippen LogP contribution < -0.4 is 4.74 Å². The summed E-state index contributed by atoms with van der Waals surface area (Å²) in [4.78, 5) is 0.166. The van der Waals surface area contributed by atoms with Gasteiger partial charge in [0.25, 0.3) is 0 Å². The van der Waals surface area contributed by atoms with Crippen molar-refractivity contribution in [1.29, 1.82) is 5.26 Å². The fourth-order valence-corrected chi connectivity index (χ4v) is 3.36. The van der Waals surface area contributed by atoms with Gasteiger partial charge in [-0.25, -0.2) is 8.42 Å². The van der Waals surface area contributed by atoms with Crippen LogP contribution in [0.2, 0.25) is 0 Å². The lowest BCUT2D eigenvalue weighted by molar-refractivity contribution is 0.124. The van der Waals surface area contributed by atoms with Crippen LogP contribution in [0.5, 0.6) is 5.75 Å². The van der Waals surface area contributed by atoms with E-state index >= 15 is 0 Å². The van der Waals surface area contributed by atoms with Crippen LogP contribution in [-0.4, -0.2) is 32.0 Å². The molecule has 5 nitrogen and oxygen atoms in total. The Morgan fingerprint density at radius 1 is 1.17 bits per heavy atom. The molecule has 1 atom stereocenters. The van der Waals surface area contributed by atoms with Gasteiger partial charge in [-0.3, -0.25) is 0 Å². The predicted molar refractivity (Wildman–Crippen MR) is 85.9 cm³/mol. The molecule has 0 bridgehead atoms. The molecule has 0 aliphatic rings. The molecular weight excluding hydrogens is 314 g/mol. The van der Waals surface area contributed by atoms with Gasteiger partial charge < -0.3 is 9.84 Å². The fraction of sp³-hybridized carbons (Fsp3) is 0.235. The number of ether oxygens (including phenoxy) is 1. The van der Waals surface area contributed by atoms with Gasteiger partial charge in [0.15, 0.2) is 9.84 Å². The van der Waals surface area contributed by atoms with Crippen LogP contribution in [0.4, 0.5) is 0 Å². The Hall–Kier alpha value is -2.36.